The quantitative estimate of drug-likeness (QED) is 0.688. The van der Waals surface area contributed by atoms with Gasteiger partial charge in [0.25, 0.3) is 0 Å². The second-order valence-corrected chi connectivity index (χ2v) is 3.08. The molecule has 0 aromatic heterocycles. The maximum atomic E-state index is 12.5. The molecule has 0 heterocycles. The van der Waals surface area contributed by atoms with Crippen LogP contribution in [0.4, 0.5) is 4.39 Å². The van der Waals surface area contributed by atoms with Crippen molar-refractivity contribution in [3.63, 3.8) is 0 Å². The van der Waals surface area contributed by atoms with Crippen LogP contribution >= 0.6 is 0 Å². The van der Waals surface area contributed by atoms with Crippen LogP contribution in [0, 0.1) is 5.82 Å². The highest BCUT2D eigenvalue weighted by Gasteiger charge is 2.04. The predicted molar refractivity (Wildman–Crippen MR) is 53.4 cm³/mol. The Morgan fingerprint density at radius 1 is 1.31 bits per heavy atom. The van der Waals surface area contributed by atoms with Gasteiger partial charge in [0.15, 0.2) is 6.61 Å². The molecule has 0 unspecified atom stereocenters. The molecule has 0 aliphatic rings. The van der Waals surface area contributed by atoms with E-state index in [4.69, 9.17) is 5.73 Å². The van der Waals surface area contributed by atoms with Crippen LogP contribution in [0.2, 0.25) is 0 Å². The number of amides is 2. The fourth-order valence-corrected chi connectivity index (χ4v) is 1.01. The lowest BCUT2D eigenvalue weighted by Crippen LogP contribution is -2.30. The summed E-state index contributed by atoms with van der Waals surface area (Å²) < 4.78 is 12.5. The van der Waals surface area contributed by atoms with Crippen LogP contribution in [0.25, 0.3) is 0 Å². The van der Waals surface area contributed by atoms with Gasteiger partial charge in [-0.25, -0.2) is 9.87 Å². The lowest BCUT2D eigenvalue weighted by atomic mass is 10.1. The summed E-state index contributed by atoms with van der Waals surface area (Å²) in [5, 5.41) is 0. The van der Waals surface area contributed by atoms with E-state index in [1.54, 1.807) is 0 Å². The molecular formula is C10H11FN2O3. The molecule has 3 N–H and O–H groups in total. The van der Waals surface area contributed by atoms with Gasteiger partial charge in [-0.05, 0) is 17.7 Å². The maximum absolute atomic E-state index is 12.5. The number of carbonyl (C=O) groups is 2. The van der Waals surface area contributed by atoms with Crippen LogP contribution in [0.5, 0.6) is 0 Å². The van der Waals surface area contributed by atoms with Crippen molar-refractivity contribution in [1.82, 2.24) is 5.48 Å². The van der Waals surface area contributed by atoms with Crippen molar-refractivity contribution in [2.24, 2.45) is 5.73 Å². The average Bonchev–Trinajstić information content (AvgIpc) is 2.21. The Morgan fingerprint density at radius 2 is 1.94 bits per heavy atom. The van der Waals surface area contributed by atoms with Crippen molar-refractivity contribution in [3.8, 4) is 0 Å². The molecule has 1 aromatic rings. The predicted octanol–water partition coefficient (Wildman–Crippen LogP) is -0.0987. The molecule has 5 nitrogen and oxygen atoms in total. The lowest BCUT2D eigenvalue weighted by Gasteiger charge is -2.03. The Hall–Kier alpha value is -1.95. The zero-order chi connectivity index (χ0) is 12.0. The normalized spacial score (nSPS) is 9.81. The number of primary amides is 1. The summed E-state index contributed by atoms with van der Waals surface area (Å²) in [6.07, 6.45) is 0.0407. The Kier molecular flexibility index (Phi) is 4.41. The first kappa shape index (κ1) is 12.1. The van der Waals surface area contributed by atoms with Gasteiger partial charge < -0.3 is 5.73 Å². The Bertz CT molecular complexity index is 378. The highest BCUT2D eigenvalue weighted by atomic mass is 19.1. The van der Waals surface area contributed by atoms with Crippen LogP contribution in [0.1, 0.15) is 5.56 Å². The summed E-state index contributed by atoms with van der Waals surface area (Å²) in [5.41, 5.74) is 7.47. The zero-order valence-electron chi connectivity index (χ0n) is 8.40. The van der Waals surface area contributed by atoms with E-state index in [2.05, 4.69) is 4.84 Å². The summed E-state index contributed by atoms with van der Waals surface area (Å²) in [6.45, 7) is -0.380. The maximum Gasteiger partial charge on any atom is 0.247 e. The topological polar surface area (TPSA) is 81.4 Å². The van der Waals surface area contributed by atoms with Gasteiger partial charge in [0.05, 0.1) is 6.42 Å². The number of carbonyl (C=O) groups excluding carboxylic acids is 2. The number of hydrogen-bond acceptors (Lipinski definition) is 3. The molecule has 0 saturated heterocycles. The summed E-state index contributed by atoms with van der Waals surface area (Å²) in [5.74, 6) is -1.48. The lowest BCUT2D eigenvalue weighted by molar-refractivity contribution is -0.137. The van der Waals surface area contributed by atoms with Crippen LogP contribution in [0.3, 0.4) is 0 Å². The van der Waals surface area contributed by atoms with Gasteiger partial charge in [0, 0.05) is 0 Å². The number of benzene rings is 1. The number of hydrogen-bond donors (Lipinski definition) is 2. The molecule has 0 aliphatic carbocycles. The third-order valence-corrected chi connectivity index (χ3v) is 1.68. The molecular weight excluding hydrogens is 215 g/mol. The number of halogens is 1. The van der Waals surface area contributed by atoms with Crippen LogP contribution < -0.4 is 11.2 Å². The Balaban J connectivity index is 2.34. The molecule has 86 valence electrons. The number of nitrogens with one attached hydrogen (secondary N) is 1. The van der Waals surface area contributed by atoms with E-state index in [-0.39, 0.29) is 18.8 Å². The summed E-state index contributed by atoms with van der Waals surface area (Å²) in [7, 11) is 0. The van der Waals surface area contributed by atoms with Gasteiger partial charge in [0.2, 0.25) is 11.8 Å². The van der Waals surface area contributed by atoms with E-state index in [1.165, 1.54) is 24.3 Å². The number of hydroxylamine groups is 1. The highest BCUT2D eigenvalue weighted by molar-refractivity contribution is 5.78. The highest BCUT2D eigenvalue weighted by Crippen LogP contribution is 2.03. The molecule has 0 radical (unpaired) electrons. The molecule has 0 atom stereocenters. The summed E-state index contributed by atoms with van der Waals surface area (Å²) in [4.78, 5) is 26.0. The van der Waals surface area contributed by atoms with Crippen molar-refractivity contribution in [2.45, 2.75) is 6.42 Å². The van der Waals surface area contributed by atoms with Gasteiger partial charge in [0.1, 0.15) is 5.82 Å². The van der Waals surface area contributed by atoms with Gasteiger partial charge in [-0.2, -0.15) is 0 Å². The van der Waals surface area contributed by atoms with E-state index < -0.39 is 11.8 Å². The molecule has 1 aromatic carbocycles. The molecule has 0 bridgehead atoms. The third kappa shape index (κ3) is 4.52. The first-order valence-corrected chi connectivity index (χ1v) is 4.51. The van der Waals surface area contributed by atoms with Crippen LogP contribution in [0.15, 0.2) is 24.3 Å². The van der Waals surface area contributed by atoms with Gasteiger partial charge in [-0.3, -0.25) is 14.4 Å². The minimum absolute atomic E-state index is 0.0407. The van der Waals surface area contributed by atoms with Crippen molar-refractivity contribution in [1.29, 1.82) is 0 Å². The van der Waals surface area contributed by atoms with Gasteiger partial charge in [-0.15, -0.1) is 0 Å². The largest absolute Gasteiger partial charge is 0.368 e. The van der Waals surface area contributed by atoms with Crippen LogP contribution in [-0.4, -0.2) is 18.4 Å². The monoisotopic (exact) mass is 226 g/mol. The van der Waals surface area contributed by atoms with Crippen molar-refractivity contribution in [2.75, 3.05) is 6.61 Å². The summed E-state index contributed by atoms with van der Waals surface area (Å²) >= 11 is 0. The minimum Gasteiger partial charge on any atom is -0.368 e. The molecule has 0 saturated carbocycles. The Labute approximate surface area is 91.3 Å². The van der Waals surface area contributed by atoms with E-state index in [0.717, 1.165) is 0 Å². The van der Waals surface area contributed by atoms with Crippen LogP contribution in [-0.2, 0) is 20.8 Å². The zero-order valence-corrected chi connectivity index (χ0v) is 8.40. The molecule has 0 aliphatic heterocycles. The van der Waals surface area contributed by atoms with Gasteiger partial charge >= 0.3 is 0 Å². The SMILES string of the molecule is NC(=O)CONC(=O)Cc1ccc(F)cc1. The molecule has 16 heavy (non-hydrogen) atoms. The van der Waals surface area contributed by atoms with E-state index in [0.29, 0.717) is 5.56 Å². The second-order valence-electron chi connectivity index (χ2n) is 3.08. The van der Waals surface area contributed by atoms with Crippen molar-refractivity contribution in [3.05, 3.63) is 35.6 Å². The van der Waals surface area contributed by atoms with Crippen molar-refractivity contribution >= 4 is 11.8 Å². The molecule has 0 fully saturated rings. The standard InChI is InChI=1S/C10H11FN2O3/c11-8-3-1-7(2-4-8)5-10(15)13-16-6-9(12)14/h1-4H,5-6H2,(H2,12,14)(H,13,15). The third-order valence-electron chi connectivity index (χ3n) is 1.68. The van der Waals surface area contributed by atoms with Gasteiger partial charge in [-0.1, -0.05) is 12.1 Å². The fourth-order valence-electron chi connectivity index (χ4n) is 1.01. The Morgan fingerprint density at radius 3 is 2.50 bits per heavy atom. The first-order valence-electron chi connectivity index (χ1n) is 4.51. The molecule has 6 heteroatoms. The molecule has 2 amide bonds. The second kappa shape index (κ2) is 5.82. The average molecular weight is 226 g/mol. The fraction of sp³-hybridized carbons (Fsp3) is 0.200. The molecule has 0 spiro atoms. The summed E-state index contributed by atoms with van der Waals surface area (Å²) in [6, 6.07) is 5.49. The first-order chi connectivity index (χ1) is 7.58. The number of nitrogens with two attached hydrogens (primary N) is 1. The van der Waals surface area contributed by atoms with E-state index >= 15 is 0 Å². The van der Waals surface area contributed by atoms with E-state index in [9.17, 15) is 14.0 Å². The van der Waals surface area contributed by atoms with Crippen molar-refractivity contribution < 1.29 is 18.8 Å². The minimum atomic E-state index is -0.679. The molecule has 1 rings (SSSR count). The van der Waals surface area contributed by atoms with E-state index in [1.807, 2.05) is 5.48 Å². The number of rotatable bonds is 5. The smallest absolute Gasteiger partial charge is 0.247 e.